The summed E-state index contributed by atoms with van der Waals surface area (Å²) < 4.78 is 0. The molecule has 0 aliphatic heterocycles. The van der Waals surface area contributed by atoms with Crippen LogP contribution in [-0.4, -0.2) is 33.5 Å². The maximum absolute atomic E-state index is 13.1. The SMILES string of the molecule is NC[C@H]1CC[C@H](C(=O)NC(Cc2ccccc2)c2nc(-c3ccc(C(=O)O)s3)c(Cl)[nH]2)CC1. The number of carbonyl (C=O) groups is 2. The second-order valence-corrected chi connectivity index (χ2v) is 9.92. The number of thiophene rings is 1. The van der Waals surface area contributed by atoms with Gasteiger partial charge in [0.25, 0.3) is 0 Å². The zero-order chi connectivity index (χ0) is 23.4. The Labute approximate surface area is 201 Å². The third-order valence-corrected chi connectivity index (χ3v) is 7.56. The van der Waals surface area contributed by atoms with Crippen LogP contribution in [0.1, 0.15) is 52.8 Å². The average molecular weight is 487 g/mol. The molecule has 1 aliphatic rings. The largest absolute Gasteiger partial charge is 0.477 e. The van der Waals surface area contributed by atoms with E-state index in [4.69, 9.17) is 17.3 Å². The van der Waals surface area contributed by atoms with Crippen LogP contribution in [0.4, 0.5) is 0 Å². The molecule has 1 atom stereocenters. The van der Waals surface area contributed by atoms with Gasteiger partial charge in [-0.15, -0.1) is 11.3 Å². The second kappa shape index (κ2) is 10.5. The third kappa shape index (κ3) is 5.63. The average Bonchev–Trinajstić information content (AvgIpc) is 3.46. The number of aromatic carboxylic acids is 1. The van der Waals surface area contributed by atoms with Crippen molar-refractivity contribution in [1.82, 2.24) is 15.3 Å². The number of aromatic amines is 1. The summed E-state index contributed by atoms with van der Waals surface area (Å²) in [5, 5.41) is 12.7. The molecule has 4 rings (SSSR count). The highest BCUT2D eigenvalue weighted by molar-refractivity contribution is 7.17. The van der Waals surface area contributed by atoms with E-state index in [2.05, 4.69) is 15.3 Å². The van der Waals surface area contributed by atoms with Crippen molar-refractivity contribution in [3.63, 3.8) is 0 Å². The number of benzene rings is 1. The first-order valence-electron chi connectivity index (χ1n) is 11.1. The molecule has 1 saturated carbocycles. The number of carboxylic acids is 1. The van der Waals surface area contributed by atoms with Crippen molar-refractivity contribution in [3.05, 3.63) is 63.9 Å². The van der Waals surface area contributed by atoms with Gasteiger partial charge in [0, 0.05) is 5.92 Å². The van der Waals surface area contributed by atoms with Crippen LogP contribution in [0.5, 0.6) is 0 Å². The van der Waals surface area contributed by atoms with E-state index in [9.17, 15) is 14.7 Å². The van der Waals surface area contributed by atoms with Crippen LogP contribution in [0.25, 0.3) is 10.6 Å². The van der Waals surface area contributed by atoms with Crippen LogP contribution in [-0.2, 0) is 11.2 Å². The molecule has 7 nitrogen and oxygen atoms in total. The Bertz CT molecular complexity index is 1110. The van der Waals surface area contributed by atoms with Crippen LogP contribution in [0.2, 0.25) is 5.15 Å². The number of carbonyl (C=O) groups excluding carboxylic acids is 1. The predicted molar refractivity (Wildman–Crippen MR) is 129 cm³/mol. The van der Waals surface area contributed by atoms with E-state index in [0.29, 0.717) is 40.4 Å². The molecular formula is C24H27ClN4O3S. The zero-order valence-electron chi connectivity index (χ0n) is 18.1. The Kier molecular flexibility index (Phi) is 7.47. The summed E-state index contributed by atoms with van der Waals surface area (Å²) in [6, 6.07) is 12.7. The van der Waals surface area contributed by atoms with Gasteiger partial charge in [-0.05, 0) is 62.3 Å². The van der Waals surface area contributed by atoms with Gasteiger partial charge in [0.1, 0.15) is 21.5 Å². The molecule has 1 aromatic carbocycles. The molecule has 5 N–H and O–H groups in total. The van der Waals surface area contributed by atoms with Crippen LogP contribution < -0.4 is 11.1 Å². The first-order chi connectivity index (χ1) is 15.9. The van der Waals surface area contributed by atoms with Crippen molar-refractivity contribution < 1.29 is 14.7 Å². The number of nitrogens with two attached hydrogens (primary N) is 1. The van der Waals surface area contributed by atoms with Gasteiger partial charge in [-0.2, -0.15) is 0 Å². The third-order valence-electron chi connectivity index (χ3n) is 6.21. The topological polar surface area (TPSA) is 121 Å². The minimum atomic E-state index is -0.989. The normalized spacial score (nSPS) is 19.2. The number of H-pyrrole nitrogens is 1. The summed E-state index contributed by atoms with van der Waals surface area (Å²) in [6.07, 6.45) is 4.17. The summed E-state index contributed by atoms with van der Waals surface area (Å²) in [5.74, 6) is 0.0445. The molecule has 2 heterocycles. The van der Waals surface area contributed by atoms with E-state index in [-0.39, 0.29) is 16.7 Å². The summed E-state index contributed by atoms with van der Waals surface area (Å²) >= 11 is 7.56. The fourth-order valence-electron chi connectivity index (χ4n) is 4.29. The monoisotopic (exact) mass is 486 g/mol. The van der Waals surface area contributed by atoms with E-state index >= 15 is 0 Å². The van der Waals surface area contributed by atoms with Gasteiger partial charge in [0.2, 0.25) is 5.91 Å². The maximum atomic E-state index is 13.1. The lowest BCUT2D eigenvalue weighted by Crippen LogP contribution is -2.37. The number of nitrogens with one attached hydrogen (secondary N) is 2. The second-order valence-electron chi connectivity index (χ2n) is 8.46. The smallest absolute Gasteiger partial charge is 0.345 e. The van der Waals surface area contributed by atoms with Gasteiger partial charge in [-0.25, -0.2) is 9.78 Å². The molecular weight excluding hydrogens is 460 g/mol. The van der Waals surface area contributed by atoms with Crippen molar-refractivity contribution in [2.24, 2.45) is 17.6 Å². The number of aromatic nitrogens is 2. The minimum Gasteiger partial charge on any atom is -0.477 e. The lowest BCUT2D eigenvalue weighted by atomic mass is 9.81. The Hall–Kier alpha value is -2.68. The number of hydrogen-bond acceptors (Lipinski definition) is 5. The predicted octanol–water partition coefficient (Wildman–Crippen LogP) is 4.65. The molecule has 174 valence electrons. The quantitative estimate of drug-likeness (QED) is 0.369. The van der Waals surface area contributed by atoms with Crippen LogP contribution >= 0.6 is 22.9 Å². The summed E-state index contributed by atoms with van der Waals surface area (Å²) in [7, 11) is 0. The van der Waals surface area contributed by atoms with E-state index in [1.54, 1.807) is 6.07 Å². The van der Waals surface area contributed by atoms with Crippen molar-refractivity contribution >= 4 is 34.8 Å². The number of rotatable bonds is 8. The van der Waals surface area contributed by atoms with Crippen molar-refractivity contribution in [2.75, 3.05) is 6.54 Å². The summed E-state index contributed by atoms with van der Waals surface area (Å²) in [5.41, 5.74) is 7.34. The lowest BCUT2D eigenvalue weighted by Gasteiger charge is -2.28. The van der Waals surface area contributed by atoms with E-state index in [0.717, 1.165) is 42.6 Å². The molecule has 0 radical (unpaired) electrons. The van der Waals surface area contributed by atoms with Gasteiger partial charge >= 0.3 is 5.97 Å². The molecule has 1 fully saturated rings. The molecule has 3 aromatic rings. The van der Waals surface area contributed by atoms with E-state index in [1.165, 1.54) is 6.07 Å². The van der Waals surface area contributed by atoms with Gasteiger partial charge in [-0.1, -0.05) is 41.9 Å². The number of carboxylic acid groups (broad SMARTS) is 1. The molecule has 0 saturated heterocycles. The molecule has 33 heavy (non-hydrogen) atoms. The van der Waals surface area contributed by atoms with Gasteiger partial charge < -0.3 is 21.1 Å². The van der Waals surface area contributed by atoms with Gasteiger partial charge in [0.05, 0.1) is 10.9 Å². The van der Waals surface area contributed by atoms with Crippen LogP contribution in [0.3, 0.4) is 0 Å². The Morgan fingerprint density at radius 2 is 1.91 bits per heavy atom. The molecule has 0 bridgehead atoms. The Morgan fingerprint density at radius 1 is 1.18 bits per heavy atom. The van der Waals surface area contributed by atoms with Crippen LogP contribution in [0.15, 0.2) is 42.5 Å². The summed E-state index contributed by atoms with van der Waals surface area (Å²) in [6.45, 7) is 0.672. The highest BCUT2D eigenvalue weighted by Gasteiger charge is 2.29. The molecule has 1 unspecified atom stereocenters. The molecule has 9 heteroatoms. The Balaban J connectivity index is 1.57. The first kappa shape index (κ1) is 23.5. The van der Waals surface area contributed by atoms with Crippen molar-refractivity contribution in [3.8, 4) is 10.6 Å². The zero-order valence-corrected chi connectivity index (χ0v) is 19.7. The number of hydrogen-bond donors (Lipinski definition) is 4. The number of halogens is 1. The van der Waals surface area contributed by atoms with Crippen molar-refractivity contribution in [2.45, 2.75) is 38.1 Å². The number of nitrogens with zero attached hydrogens (tertiary/aromatic N) is 1. The summed E-state index contributed by atoms with van der Waals surface area (Å²) in [4.78, 5) is 33.0. The Morgan fingerprint density at radius 3 is 2.55 bits per heavy atom. The number of amides is 1. The standard InChI is InChI=1S/C24H27ClN4O3S/c25-21-20(18-10-11-19(33-18)24(31)32)28-22(29-21)17(12-14-4-2-1-3-5-14)27-23(30)16-8-6-15(13-26)7-9-16/h1-5,10-11,15-17H,6-9,12-13,26H2,(H,27,30)(H,28,29)(H,31,32)/t15-,16-,17?. The highest BCUT2D eigenvalue weighted by atomic mass is 35.5. The van der Waals surface area contributed by atoms with Crippen molar-refractivity contribution in [1.29, 1.82) is 0 Å². The van der Waals surface area contributed by atoms with Crippen LogP contribution in [0, 0.1) is 11.8 Å². The van der Waals surface area contributed by atoms with E-state index < -0.39 is 12.0 Å². The fraction of sp³-hybridized carbons (Fsp3) is 0.375. The van der Waals surface area contributed by atoms with E-state index in [1.807, 2.05) is 30.3 Å². The number of imidazole rings is 1. The molecule has 0 spiro atoms. The molecule has 1 aliphatic carbocycles. The van der Waals surface area contributed by atoms with Gasteiger partial charge in [0.15, 0.2) is 0 Å². The fourth-order valence-corrected chi connectivity index (χ4v) is 5.43. The van der Waals surface area contributed by atoms with Gasteiger partial charge in [-0.3, -0.25) is 4.79 Å². The highest BCUT2D eigenvalue weighted by Crippen LogP contribution is 2.34. The lowest BCUT2D eigenvalue weighted by molar-refractivity contribution is -0.127. The molecule has 2 aromatic heterocycles. The molecule has 1 amide bonds. The first-order valence-corrected chi connectivity index (χ1v) is 12.3. The maximum Gasteiger partial charge on any atom is 0.345 e. The minimum absolute atomic E-state index is 0.0183.